The molecule has 0 unspecified atom stereocenters. The van der Waals surface area contributed by atoms with E-state index in [1.165, 1.54) is 49.7 Å². The number of aromatic nitrogens is 2. The number of benzene rings is 2. The first kappa shape index (κ1) is 20.8. The van der Waals surface area contributed by atoms with E-state index in [4.69, 9.17) is 23.2 Å². The van der Waals surface area contributed by atoms with Crippen LogP contribution in [0, 0.1) is 0 Å². The maximum atomic E-state index is 12.7. The molecule has 0 aliphatic rings. The van der Waals surface area contributed by atoms with Crippen LogP contribution < -0.4 is 10.3 Å². The summed E-state index contributed by atoms with van der Waals surface area (Å²) in [6, 6.07) is 11.4. The van der Waals surface area contributed by atoms with E-state index in [0.717, 1.165) is 4.68 Å². The average molecular weight is 454 g/mol. The van der Waals surface area contributed by atoms with Gasteiger partial charge in [0.2, 0.25) is 0 Å². The van der Waals surface area contributed by atoms with Crippen molar-refractivity contribution in [2.75, 3.05) is 11.8 Å². The molecule has 1 N–H and O–H groups in total. The lowest BCUT2D eigenvalue weighted by molar-refractivity contribution is 0.0602. The Labute approximate surface area is 175 Å². The van der Waals surface area contributed by atoms with Gasteiger partial charge in [-0.2, -0.15) is 9.78 Å². The van der Waals surface area contributed by atoms with Crippen molar-refractivity contribution in [3.05, 3.63) is 80.7 Å². The number of hydrogen-bond acceptors (Lipinski definition) is 6. The molecular formula is C18H13Cl2N3O5S. The van der Waals surface area contributed by atoms with E-state index < -0.39 is 21.6 Å². The Kier molecular flexibility index (Phi) is 5.92. The zero-order valence-electron chi connectivity index (χ0n) is 14.8. The fraction of sp³-hybridized carbons (Fsp3) is 0.0556. The van der Waals surface area contributed by atoms with E-state index in [0.29, 0.717) is 5.69 Å². The summed E-state index contributed by atoms with van der Waals surface area (Å²) >= 11 is 11.6. The number of esters is 1. The third-order valence-corrected chi connectivity index (χ3v) is 5.97. The summed E-state index contributed by atoms with van der Waals surface area (Å²) in [5, 5.41) is 3.70. The predicted molar refractivity (Wildman–Crippen MR) is 108 cm³/mol. The van der Waals surface area contributed by atoms with Crippen LogP contribution in [0.4, 0.5) is 5.69 Å². The number of hydrogen-bond donors (Lipinski definition) is 1. The smallest absolute Gasteiger partial charge is 0.339 e. The van der Waals surface area contributed by atoms with E-state index >= 15 is 0 Å². The SMILES string of the molecule is COC(=O)c1ccccc1NS(=O)(=O)c1ccc(-n2ncc(Cl)c(Cl)c2=O)cc1. The van der Waals surface area contributed by atoms with Gasteiger partial charge in [0.05, 0.1) is 40.2 Å². The van der Waals surface area contributed by atoms with Crippen LogP contribution in [0.25, 0.3) is 5.69 Å². The van der Waals surface area contributed by atoms with E-state index in [1.807, 2.05) is 0 Å². The molecule has 3 rings (SSSR count). The molecule has 29 heavy (non-hydrogen) atoms. The third kappa shape index (κ3) is 4.26. The minimum absolute atomic E-state index is 0.0144. The third-order valence-electron chi connectivity index (χ3n) is 3.84. The van der Waals surface area contributed by atoms with Gasteiger partial charge in [-0.1, -0.05) is 35.3 Å². The molecule has 3 aromatic rings. The number of sulfonamides is 1. The van der Waals surface area contributed by atoms with Gasteiger partial charge < -0.3 is 4.74 Å². The highest BCUT2D eigenvalue weighted by Crippen LogP contribution is 2.22. The Balaban J connectivity index is 1.93. The zero-order chi connectivity index (χ0) is 21.2. The molecule has 0 spiro atoms. The second-order valence-corrected chi connectivity index (χ2v) is 8.13. The summed E-state index contributed by atoms with van der Waals surface area (Å²) in [6.45, 7) is 0. The predicted octanol–water partition coefficient (Wildman–Crippen LogP) is 3.13. The van der Waals surface area contributed by atoms with Crippen LogP contribution in [0.2, 0.25) is 10.0 Å². The minimum atomic E-state index is -4.01. The van der Waals surface area contributed by atoms with Crippen molar-refractivity contribution >= 4 is 44.9 Å². The number of anilines is 1. The monoisotopic (exact) mass is 453 g/mol. The van der Waals surface area contributed by atoms with Crippen LogP contribution in [-0.2, 0) is 14.8 Å². The van der Waals surface area contributed by atoms with Crippen molar-refractivity contribution in [3.63, 3.8) is 0 Å². The minimum Gasteiger partial charge on any atom is -0.465 e. The van der Waals surface area contributed by atoms with E-state index in [1.54, 1.807) is 12.1 Å². The molecule has 8 nitrogen and oxygen atoms in total. The van der Waals surface area contributed by atoms with Crippen molar-refractivity contribution in [2.24, 2.45) is 0 Å². The molecule has 0 amide bonds. The summed E-state index contributed by atoms with van der Waals surface area (Å²) in [5.41, 5.74) is -0.199. The number of carbonyl (C=O) groups is 1. The average Bonchev–Trinajstić information content (AvgIpc) is 2.72. The second-order valence-electron chi connectivity index (χ2n) is 5.66. The maximum absolute atomic E-state index is 12.7. The highest BCUT2D eigenvalue weighted by Gasteiger charge is 2.19. The largest absolute Gasteiger partial charge is 0.465 e. The molecular weight excluding hydrogens is 441 g/mol. The Morgan fingerprint density at radius 1 is 1.10 bits per heavy atom. The van der Waals surface area contributed by atoms with Crippen LogP contribution in [0.15, 0.2) is 64.4 Å². The fourth-order valence-corrected chi connectivity index (χ4v) is 3.76. The van der Waals surface area contributed by atoms with Crippen LogP contribution >= 0.6 is 23.2 Å². The topological polar surface area (TPSA) is 107 Å². The molecule has 0 saturated carbocycles. The molecule has 1 heterocycles. The molecule has 1 aromatic heterocycles. The Hall–Kier alpha value is -2.88. The lowest BCUT2D eigenvalue weighted by Gasteiger charge is -2.12. The molecule has 11 heteroatoms. The van der Waals surface area contributed by atoms with Gasteiger partial charge in [0, 0.05) is 0 Å². The molecule has 150 valence electrons. The second kappa shape index (κ2) is 8.24. The van der Waals surface area contributed by atoms with Crippen LogP contribution in [0.3, 0.4) is 0 Å². The summed E-state index contributed by atoms with van der Waals surface area (Å²) in [5.74, 6) is -0.677. The van der Waals surface area contributed by atoms with E-state index in [2.05, 4.69) is 14.6 Å². The van der Waals surface area contributed by atoms with Crippen LogP contribution in [-0.4, -0.2) is 31.3 Å². The van der Waals surface area contributed by atoms with Gasteiger partial charge in [0.25, 0.3) is 15.6 Å². The van der Waals surface area contributed by atoms with E-state index in [-0.39, 0.29) is 26.2 Å². The molecule has 0 aliphatic carbocycles. The van der Waals surface area contributed by atoms with Crippen molar-refractivity contribution in [2.45, 2.75) is 4.90 Å². The van der Waals surface area contributed by atoms with E-state index in [9.17, 15) is 18.0 Å². The van der Waals surface area contributed by atoms with Gasteiger partial charge in [0.1, 0.15) is 5.02 Å². The number of rotatable bonds is 5. The normalized spacial score (nSPS) is 11.1. The van der Waals surface area contributed by atoms with Gasteiger partial charge in [-0.05, 0) is 36.4 Å². The van der Waals surface area contributed by atoms with Gasteiger partial charge in [-0.15, -0.1) is 0 Å². The van der Waals surface area contributed by atoms with Crippen molar-refractivity contribution < 1.29 is 17.9 Å². The van der Waals surface area contributed by atoms with Crippen molar-refractivity contribution in [1.82, 2.24) is 9.78 Å². The molecule has 0 radical (unpaired) electrons. The van der Waals surface area contributed by atoms with Gasteiger partial charge in [-0.3, -0.25) is 9.52 Å². The number of methoxy groups -OCH3 is 1. The molecule has 2 aromatic carbocycles. The van der Waals surface area contributed by atoms with Crippen LogP contribution in [0.1, 0.15) is 10.4 Å². The Bertz CT molecular complexity index is 1240. The molecule has 0 aliphatic heterocycles. The summed E-state index contributed by atoms with van der Waals surface area (Å²) in [4.78, 5) is 23.9. The van der Waals surface area contributed by atoms with Gasteiger partial charge in [0.15, 0.2) is 0 Å². The highest BCUT2D eigenvalue weighted by molar-refractivity contribution is 7.92. The summed E-state index contributed by atoms with van der Waals surface area (Å²) < 4.78 is 33.4. The standard InChI is InChI=1S/C18H13Cl2N3O5S/c1-28-18(25)13-4-2-3-5-15(13)22-29(26,27)12-8-6-11(7-9-12)23-17(24)16(20)14(19)10-21-23/h2-10,22H,1H3. The van der Waals surface area contributed by atoms with Crippen molar-refractivity contribution in [1.29, 1.82) is 0 Å². The molecule has 0 atom stereocenters. The van der Waals surface area contributed by atoms with Gasteiger partial charge >= 0.3 is 5.97 Å². The quantitative estimate of drug-likeness (QED) is 0.594. The first-order valence-corrected chi connectivity index (χ1v) is 10.2. The first-order chi connectivity index (χ1) is 13.7. The number of carbonyl (C=O) groups excluding carboxylic acids is 1. The lowest BCUT2D eigenvalue weighted by Crippen LogP contribution is -2.21. The number of halogens is 2. The number of ether oxygens (including phenoxy) is 1. The summed E-state index contributed by atoms with van der Waals surface area (Å²) in [6.07, 6.45) is 1.21. The molecule has 0 saturated heterocycles. The number of nitrogens with zero attached hydrogens (tertiary/aromatic N) is 2. The highest BCUT2D eigenvalue weighted by atomic mass is 35.5. The Morgan fingerprint density at radius 2 is 1.76 bits per heavy atom. The summed E-state index contributed by atoms with van der Waals surface area (Å²) in [7, 11) is -2.81. The van der Waals surface area contributed by atoms with Crippen LogP contribution in [0.5, 0.6) is 0 Å². The molecule has 0 fully saturated rings. The van der Waals surface area contributed by atoms with Crippen molar-refractivity contribution in [3.8, 4) is 5.69 Å². The Morgan fingerprint density at radius 3 is 2.41 bits per heavy atom. The first-order valence-electron chi connectivity index (χ1n) is 7.98. The molecule has 0 bridgehead atoms. The lowest BCUT2D eigenvalue weighted by atomic mass is 10.2. The zero-order valence-corrected chi connectivity index (χ0v) is 17.1. The maximum Gasteiger partial charge on any atom is 0.339 e. The number of para-hydroxylation sites is 1. The number of nitrogens with one attached hydrogen (secondary N) is 1. The van der Waals surface area contributed by atoms with Gasteiger partial charge in [-0.25, -0.2) is 13.2 Å². The fourth-order valence-electron chi connectivity index (χ4n) is 2.43.